The first-order chi connectivity index (χ1) is 12.6. The summed E-state index contributed by atoms with van der Waals surface area (Å²) in [4.78, 5) is 0.300. The Balaban J connectivity index is 1.76. The van der Waals surface area contributed by atoms with Crippen LogP contribution in [0.1, 0.15) is 31.9 Å². The largest absolute Gasteiger partial charge is 0.497 e. The van der Waals surface area contributed by atoms with Crippen LogP contribution in [0.2, 0.25) is 0 Å². The molecule has 3 aromatic carbocycles. The SMILES string of the molecule is COc1ccc(C(Br)c2ccc(C(Br)c3ccc(OC)cc3)cc2)cc1. The van der Waals surface area contributed by atoms with Crippen molar-refractivity contribution in [2.75, 3.05) is 14.2 Å². The average Bonchev–Trinajstić information content (AvgIpc) is 2.73. The van der Waals surface area contributed by atoms with E-state index in [9.17, 15) is 0 Å². The van der Waals surface area contributed by atoms with Gasteiger partial charge in [-0.25, -0.2) is 0 Å². The molecule has 0 bridgehead atoms. The molecule has 0 heterocycles. The van der Waals surface area contributed by atoms with Crippen LogP contribution in [-0.4, -0.2) is 14.2 Å². The molecule has 0 N–H and O–H groups in total. The van der Waals surface area contributed by atoms with Crippen molar-refractivity contribution in [3.8, 4) is 11.5 Å². The molecule has 0 aromatic heterocycles. The van der Waals surface area contributed by atoms with Gasteiger partial charge < -0.3 is 9.47 Å². The van der Waals surface area contributed by atoms with Gasteiger partial charge in [-0.05, 0) is 46.5 Å². The topological polar surface area (TPSA) is 18.5 Å². The minimum Gasteiger partial charge on any atom is -0.497 e. The molecule has 2 unspecified atom stereocenters. The molecule has 4 heteroatoms. The number of alkyl halides is 2. The monoisotopic (exact) mass is 474 g/mol. The van der Waals surface area contributed by atoms with Crippen LogP contribution in [0.3, 0.4) is 0 Å². The van der Waals surface area contributed by atoms with Crippen LogP contribution in [0.15, 0.2) is 72.8 Å². The fourth-order valence-corrected chi connectivity index (χ4v) is 3.99. The van der Waals surface area contributed by atoms with Gasteiger partial charge in [0.05, 0.1) is 23.9 Å². The summed E-state index contributed by atoms with van der Waals surface area (Å²) < 4.78 is 10.4. The second kappa shape index (κ2) is 8.74. The molecule has 0 amide bonds. The van der Waals surface area contributed by atoms with E-state index in [4.69, 9.17) is 9.47 Å². The molecule has 0 fully saturated rings. The highest BCUT2D eigenvalue weighted by atomic mass is 79.9. The van der Waals surface area contributed by atoms with Crippen molar-refractivity contribution in [3.05, 3.63) is 95.1 Å². The van der Waals surface area contributed by atoms with Crippen LogP contribution in [0.5, 0.6) is 11.5 Å². The van der Waals surface area contributed by atoms with Gasteiger partial charge in [-0.1, -0.05) is 80.4 Å². The van der Waals surface area contributed by atoms with Gasteiger partial charge in [-0.15, -0.1) is 0 Å². The maximum Gasteiger partial charge on any atom is 0.118 e. The molecule has 3 rings (SSSR count). The molecule has 2 atom stereocenters. The highest BCUT2D eigenvalue weighted by Gasteiger charge is 2.14. The molecule has 134 valence electrons. The second-order valence-electron chi connectivity index (χ2n) is 5.94. The molecule has 0 aliphatic heterocycles. The van der Waals surface area contributed by atoms with E-state index in [1.54, 1.807) is 14.2 Å². The zero-order chi connectivity index (χ0) is 18.5. The van der Waals surface area contributed by atoms with Crippen LogP contribution < -0.4 is 9.47 Å². The summed E-state index contributed by atoms with van der Waals surface area (Å²) in [5.74, 6) is 1.73. The van der Waals surface area contributed by atoms with E-state index in [2.05, 4.69) is 80.4 Å². The van der Waals surface area contributed by atoms with Crippen LogP contribution >= 0.6 is 31.9 Å². The molecule has 0 aliphatic rings. The highest BCUT2D eigenvalue weighted by molar-refractivity contribution is 9.09. The fraction of sp³-hybridized carbons (Fsp3) is 0.182. The summed E-state index contributed by atoms with van der Waals surface area (Å²) in [6, 6.07) is 24.9. The Morgan fingerprint density at radius 3 is 0.962 bits per heavy atom. The van der Waals surface area contributed by atoms with E-state index in [1.807, 2.05) is 24.3 Å². The summed E-state index contributed by atoms with van der Waals surface area (Å²) >= 11 is 7.59. The first-order valence-corrected chi connectivity index (χ1v) is 10.1. The third-order valence-corrected chi connectivity index (χ3v) is 6.45. The Morgan fingerprint density at radius 1 is 0.500 bits per heavy atom. The minimum absolute atomic E-state index is 0.150. The van der Waals surface area contributed by atoms with Crippen molar-refractivity contribution in [2.45, 2.75) is 9.65 Å². The Labute approximate surface area is 171 Å². The van der Waals surface area contributed by atoms with Crippen molar-refractivity contribution < 1.29 is 9.47 Å². The Morgan fingerprint density at radius 2 is 0.731 bits per heavy atom. The van der Waals surface area contributed by atoms with Gasteiger partial charge in [0.1, 0.15) is 11.5 Å². The smallest absolute Gasteiger partial charge is 0.118 e. The van der Waals surface area contributed by atoms with Crippen LogP contribution in [0, 0.1) is 0 Å². The average molecular weight is 476 g/mol. The molecule has 0 aliphatic carbocycles. The number of hydrogen-bond donors (Lipinski definition) is 0. The maximum absolute atomic E-state index is 5.22. The minimum atomic E-state index is 0.150. The summed E-state index contributed by atoms with van der Waals surface area (Å²) in [6.07, 6.45) is 0. The third kappa shape index (κ3) is 4.30. The van der Waals surface area contributed by atoms with Crippen molar-refractivity contribution in [3.63, 3.8) is 0 Å². The Kier molecular flexibility index (Phi) is 6.38. The molecule has 26 heavy (non-hydrogen) atoms. The summed E-state index contributed by atoms with van der Waals surface area (Å²) in [5.41, 5.74) is 4.83. The number of halogens is 2. The van der Waals surface area contributed by atoms with Gasteiger partial charge in [-0.3, -0.25) is 0 Å². The van der Waals surface area contributed by atoms with Crippen molar-refractivity contribution in [1.29, 1.82) is 0 Å². The van der Waals surface area contributed by atoms with E-state index in [0.29, 0.717) is 0 Å². The molecular formula is C22H20Br2O2. The van der Waals surface area contributed by atoms with Crippen LogP contribution in [0.25, 0.3) is 0 Å². The zero-order valence-corrected chi connectivity index (χ0v) is 17.8. The van der Waals surface area contributed by atoms with Gasteiger partial charge in [0.25, 0.3) is 0 Å². The third-order valence-electron chi connectivity index (χ3n) is 4.34. The number of ether oxygens (including phenoxy) is 2. The number of hydrogen-bond acceptors (Lipinski definition) is 2. The standard InChI is InChI=1S/C22H20Br2O2/c1-25-19-11-7-17(8-12-19)21(23)15-3-5-16(6-4-15)22(24)18-9-13-20(26-2)14-10-18/h3-14,21-22H,1-2H3. The van der Waals surface area contributed by atoms with Crippen LogP contribution in [0.4, 0.5) is 0 Å². The predicted octanol–water partition coefficient (Wildman–Crippen LogP) is 6.67. The quantitative estimate of drug-likeness (QED) is 0.370. The molecule has 0 spiro atoms. The van der Waals surface area contributed by atoms with Crippen molar-refractivity contribution in [2.24, 2.45) is 0 Å². The van der Waals surface area contributed by atoms with Gasteiger partial charge in [0.15, 0.2) is 0 Å². The van der Waals surface area contributed by atoms with Crippen molar-refractivity contribution >= 4 is 31.9 Å². The Bertz CT molecular complexity index is 755. The van der Waals surface area contributed by atoms with Gasteiger partial charge in [0.2, 0.25) is 0 Å². The molecule has 0 radical (unpaired) electrons. The van der Waals surface area contributed by atoms with Gasteiger partial charge >= 0.3 is 0 Å². The lowest BCUT2D eigenvalue weighted by Gasteiger charge is -2.15. The number of rotatable bonds is 6. The lowest BCUT2D eigenvalue weighted by molar-refractivity contribution is 0.414. The lowest BCUT2D eigenvalue weighted by atomic mass is 10.00. The van der Waals surface area contributed by atoms with Gasteiger partial charge in [-0.2, -0.15) is 0 Å². The maximum atomic E-state index is 5.22. The molecule has 2 nitrogen and oxygen atoms in total. The Hall–Kier alpha value is -1.78. The van der Waals surface area contributed by atoms with Crippen LogP contribution in [-0.2, 0) is 0 Å². The lowest BCUT2D eigenvalue weighted by Crippen LogP contribution is -1.96. The van der Waals surface area contributed by atoms with E-state index >= 15 is 0 Å². The van der Waals surface area contributed by atoms with Crippen molar-refractivity contribution in [1.82, 2.24) is 0 Å². The fourth-order valence-electron chi connectivity index (χ4n) is 2.76. The molecule has 3 aromatic rings. The summed E-state index contributed by atoms with van der Waals surface area (Å²) in [5, 5.41) is 0. The second-order valence-corrected chi connectivity index (χ2v) is 7.77. The number of methoxy groups -OCH3 is 2. The normalized spacial score (nSPS) is 13.1. The first-order valence-electron chi connectivity index (χ1n) is 8.28. The molecule has 0 saturated carbocycles. The first kappa shape index (κ1) is 19.0. The van der Waals surface area contributed by atoms with E-state index in [1.165, 1.54) is 22.3 Å². The molecular weight excluding hydrogens is 456 g/mol. The van der Waals surface area contributed by atoms with E-state index < -0.39 is 0 Å². The molecule has 0 saturated heterocycles. The summed E-state index contributed by atoms with van der Waals surface area (Å²) in [7, 11) is 3.36. The van der Waals surface area contributed by atoms with E-state index in [-0.39, 0.29) is 9.65 Å². The summed E-state index contributed by atoms with van der Waals surface area (Å²) in [6.45, 7) is 0. The highest BCUT2D eigenvalue weighted by Crippen LogP contribution is 2.35. The van der Waals surface area contributed by atoms with Gasteiger partial charge in [0, 0.05) is 0 Å². The number of benzene rings is 3. The zero-order valence-electron chi connectivity index (χ0n) is 14.7. The predicted molar refractivity (Wildman–Crippen MR) is 114 cm³/mol. The van der Waals surface area contributed by atoms with E-state index in [0.717, 1.165) is 11.5 Å².